The first-order chi connectivity index (χ1) is 13.5. The summed E-state index contributed by atoms with van der Waals surface area (Å²) in [5.41, 5.74) is 4.44. The Hall–Kier alpha value is -2.37. The number of benzene rings is 2. The smallest absolute Gasteiger partial charge is 0.251 e. The average molecular weight is 398 g/mol. The molecule has 0 radical (unpaired) electrons. The van der Waals surface area contributed by atoms with E-state index < -0.39 is 0 Å². The van der Waals surface area contributed by atoms with Gasteiger partial charge in [0.25, 0.3) is 5.91 Å². The van der Waals surface area contributed by atoms with Gasteiger partial charge in [-0.3, -0.25) is 14.5 Å². The molecule has 2 aliphatic heterocycles. The quantitative estimate of drug-likeness (QED) is 0.744. The molecular weight excluding hydrogens is 374 g/mol. The van der Waals surface area contributed by atoms with Gasteiger partial charge in [-0.25, -0.2) is 4.90 Å². The number of aryl methyl sites for hydroxylation is 1. The number of hydrogen-bond donors (Lipinski definition) is 0. The van der Waals surface area contributed by atoms with Crippen LogP contribution >= 0.6 is 11.6 Å². The summed E-state index contributed by atoms with van der Waals surface area (Å²) >= 11 is 5.93. The highest BCUT2D eigenvalue weighted by Crippen LogP contribution is 2.29. The van der Waals surface area contributed by atoms with E-state index in [2.05, 4.69) is 41.8 Å². The third kappa shape index (κ3) is 3.40. The monoisotopic (exact) mass is 397 g/mol. The average Bonchev–Trinajstić information content (AvgIpc) is 2.99. The Kier molecular flexibility index (Phi) is 5.13. The van der Waals surface area contributed by atoms with Crippen molar-refractivity contribution in [1.82, 2.24) is 4.90 Å². The number of piperazine rings is 1. The van der Waals surface area contributed by atoms with Crippen molar-refractivity contribution in [2.24, 2.45) is 0 Å². The van der Waals surface area contributed by atoms with Gasteiger partial charge in [0.1, 0.15) is 0 Å². The topological polar surface area (TPSA) is 43.9 Å². The van der Waals surface area contributed by atoms with E-state index in [-0.39, 0.29) is 24.3 Å². The number of rotatable bonds is 3. The highest BCUT2D eigenvalue weighted by molar-refractivity contribution is 6.30. The van der Waals surface area contributed by atoms with Crippen LogP contribution < -0.4 is 9.80 Å². The number of halogens is 1. The lowest BCUT2D eigenvalue weighted by molar-refractivity contribution is -0.123. The molecule has 1 atom stereocenters. The molecule has 0 saturated carbocycles. The highest BCUT2D eigenvalue weighted by atomic mass is 35.5. The van der Waals surface area contributed by atoms with Crippen LogP contribution in [0, 0.1) is 13.8 Å². The second-order valence-corrected chi connectivity index (χ2v) is 7.94. The van der Waals surface area contributed by atoms with E-state index in [0.29, 0.717) is 10.7 Å². The molecule has 6 heteroatoms. The molecule has 2 aromatic carbocycles. The lowest BCUT2D eigenvalue weighted by Crippen LogP contribution is -2.52. The van der Waals surface area contributed by atoms with Gasteiger partial charge in [0.05, 0.1) is 18.2 Å². The van der Waals surface area contributed by atoms with Crippen LogP contribution in [0.25, 0.3) is 0 Å². The first kappa shape index (κ1) is 19.0. The van der Waals surface area contributed by atoms with Crippen LogP contribution in [-0.4, -0.2) is 48.9 Å². The van der Waals surface area contributed by atoms with Gasteiger partial charge in [-0.05, 0) is 55.3 Å². The molecule has 0 bridgehead atoms. The molecular formula is C22H24ClN3O2. The Bertz CT molecular complexity index is 904. The zero-order chi connectivity index (χ0) is 19.8. The Balaban J connectivity index is 1.45. The van der Waals surface area contributed by atoms with Gasteiger partial charge in [0, 0.05) is 36.9 Å². The number of carbonyl (C=O) groups is 2. The van der Waals surface area contributed by atoms with Crippen molar-refractivity contribution in [3.63, 3.8) is 0 Å². The summed E-state index contributed by atoms with van der Waals surface area (Å²) in [7, 11) is 0. The van der Waals surface area contributed by atoms with Crippen LogP contribution in [0.3, 0.4) is 0 Å². The van der Waals surface area contributed by atoms with Crippen molar-refractivity contribution in [2.45, 2.75) is 26.3 Å². The van der Waals surface area contributed by atoms with E-state index in [0.717, 1.165) is 26.2 Å². The van der Waals surface area contributed by atoms with Gasteiger partial charge in [0.15, 0.2) is 0 Å². The second kappa shape index (κ2) is 7.57. The molecule has 146 valence electrons. The molecule has 28 heavy (non-hydrogen) atoms. The Morgan fingerprint density at radius 1 is 0.929 bits per heavy atom. The summed E-state index contributed by atoms with van der Waals surface area (Å²) in [5, 5.41) is 0.585. The van der Waals surface area contributed by atoms with Gasteiger partial charge in [-0.1, -0.05) is 23.7 Å². The molecule has 0 N–H and O–H groups in total. The lowest BCUT2D eigenvalue weighted by atomic mass is 10.1. The Morgan fingerprint density at radius 2 is 1.61 bits per heavy atom. The summed E-state index contributed by atoms with van der Waals surface area (Å²) in [4.78, 5) is 31.3. The number of anilines is 2. The van der Waals surface area contributed by atoms with Crippen LogP contribution in [0.2, 0.25) is 5.02 Å². The van der Waals surface area contributed by atoms with E-state index in [1.54, 1.807) is 24.3 Å². The van der Waals surface area contributed by atoms with E-state index in [1.807, 2.05) is 0 Å². The fourth-order valence-electron chi connectivity index (χ4n) is 4.12. The summed E-state index contributed by atoms with van der Waals surface area (Å²) in [6, 6.07) is 12.9. The third-order valence-electron chi connectivity index (χ3n) is 5.88. The molecule has 2 heterocycles. The second-order valence-electron chi connectivity index (χ2n) is 7.51. The Morgan fingerprint density at radius 3 is 2.29 bits per heavy atom. The maximum absolute atomic E-state index is 13.0. The molecule has 0 aromatic heterocycles. The standard InChI is InChI=1S/C22H24ClN3O2/c1-15-4-3-5-19(16(15)2)24-10-12-25(13-11-24)20-14-21(27)26(22(20)28)18-8-6-17(23)7-9-18/h3-9,20H,10-14H2,1-2H3. The Labute approximate surface area is 170 Å². The highest BCUT2D eigenvalue weighted by Gasteiger charge is 2.43. The molecule has 1 unspecified atom stereocenters. The number of hydrogen-bond acceptors (Lipinski definition) is 4. The predicted molar refractivity (Wildman–Crippen MR) is 112 cm³/mol. The molecule has 5 nitrogen and oxygen atoms in total. The van der Waals surface area contributed by atoms with Crippen molar-refractivity contribution < 1.29 is 9.59 Å². The first-order valence-electron chi connectivity index (χ1n) is 9.63. The van der Waals surface area contributed by atoms with Gasteiger partial charge in [0.2, 0.25) is 5.91 Å². The van der Waals surface area contributed by atoms with Crippen LogP contribution in [0.5, 0.6) is 0 Å². The normalized spacial score (nSPS) is 20.9. The van der Waals surface area contributed by atoms with Crippen molar-refractivity contribution in [3.8, 4) is 0 Å². The number of carbonyl (C=O) groups excluding carboxylic acids is 2. The summed E-state index contributed by atoms with van der Waals surface area (Å²) in [5.74, 6) is -0.276. The molecule has 2 aromatic rings. The van der Waals surface area contributed by atoms with E-state index >= 15 is 0 Å². The van der Waals surface area contributed by atoms with Crippen molar-refractivity contribution >= 4 is 34.8 Å². The molecule has 2 aliphatic rings. The van der Waals surface area contributed by atoms with Crippen LogP contribution in [0.4, 0.5) is 11.4 Å². The number of imide groups is 1. The maximum atomic E-state index is 13.0. The maximum Gasteiger partial charge on any atom is 0.251 e. The van der Waals surface area contributed by atoms with Crippen molar-refractivity contribution in [1.29, 1.82) is 0 Å². The minimum absolute atomic E-state index is 0.132. The number of nitrogens with zero attached hydrogens (tertiary/aromatic N) is 3. The fourth-order valence-corrected chi connectivity index (χ4v) is 4.24. The SMILES string of the molecule is Cc1cccc(N2CCN(C3CC(=O)N(c4ccc(Cl)cc4)C3=O)CC2)c1C. The van der Waals surface area contributed by atoms with E-state index in [9.17, 15) is 9.59 Å². The van der Waals surface area contributed by atoms with Gasteiger partial charge in [-0.15, -0.1) is 0 Å². The largest absolute Gasteiger partial charge is 0.369 e. The summed E-state index contributed by atoms with van der Waals surface area (Å²) < 4.78 is 0. The fraction of sp³-hybridized carbons (Fsp3) is 0.364. The molecule has 2 fully saturated rings. The molecule has 0 aliphatic carbocycles. The zero-order valence-electron chi connectivity index (χ0n) is 16.2. The predicted octanol–water partition coefficient (Wildman–Crippen LogP) is 3.41. The van der Waals surface area contributed by atoms with Gasteiger partial charge < -0.3 is 4.90 Å². The van der Waals surface area contributed by atoms with Crippen LogP contribution in [0.1, 0.15) is 17.5 Å². The van der Waals surface area contributed by atoms with Gasteiger partial charge >= 0.3 is 0 Å². The van der Waals surface area contributed by atoms with E-state index in [1.165, 1.54) is 21.7 Å². The molecule has 2 amide bonds. The number of amides is 2. The minimum Gasteiger partial charge on any atom is -0.369 e. The minimum atomic E-state index is -0.371. The third-order valence-corrected chi connectivity index (χ3v) is 6.13. The molecule has 0 spiro atoms. The zero-order valence-corrected chi connectivity index (χ0v) is 16.9. The summed E-state index contributed by atoms with van der Waals surface area (Å²) in [6.07, 6.45) is 0.241. The van der Waals surface area contributed by atoms with E-state index in [4.69, 9.17) is 11.6 Å². The van der Waals surface area contributed by atoms with Crippen LogP contribution in [-0.2, 0) is 9.59 Å². The summed E-state index contributed by atoms with van der Waals surface area (Å²) in [6.45, 7) is 7.52. The van der Waals surface area contributed by atoms with Gasteiger partial charge in [-0.2, -0.15) is 0 Å². The molecule has 2 saturated heterocycles. The van der Waals surface area contributed by atoms with Crippen LogP contribution in [0.15, 0.2) is 42.5 Å². The van der Waals surface area contributed by atoms with Crippen molar-refractivity contribution in [3.05, 3.63) is 58.6 Å². The van der Waals surface area contributed by atoms with Crippen molar-refractivity contribution in [2.75, 3.05) is 36.0 Å². The molecule has 4 rings (SSSR count). The lowest BCUT2D eigenvalue weighted by Gasteiger charge is -2.38. The first-order valence-corrected chi connectivity index (χ1v) is 10.0.